The first-order valence-corrected chi connectivity index (χ1v) is 5.02. The molecule has 0 radical (unpaired) electrons. The smallest absolute Gasteiger partial charge is 0.271 e. The van der Waals surface area contributed by atoms with E-state index < -0.39 is 0 Å². The number of anilines is 1. The number of rotatable bonds is 2. The molecule has 78 valence electrons. The molecule has 0 aliphatic rings. The summed E-state index contributed by atoms with van der Waals surface area (Å²) in [5, 5.41) is 7.81. The Morgan fingerprint density at radius 3 is 3.07 bits per heavy atom. The summed E-state index contributed by atoms with van der Waals surface area (Å²) in [6, 6.07) is 1.62. The molecule has 0 aromatic carbocycles. The van der Waals surface area contributed by atoms with Crippen LogP contribution in [0.25, 0.3) is 5.13 Å². The van der Waals surface area contributed by atoms with E-state index in [1.807, 2.05) is 0 Å². The molecule has 0 bridgehead atoms. The first kappa shape index (κ1) is 9.66. The van der Waals surface area contributed by atoms with Crippen LogP contribution in [-0.4, -0.2) is 27.7 Å². The van der Waals surface area contributed by atoms with Gasteiger partial charge in [-0.2, -0.15) is 5.10 Å². The fourth-order valence-corrected chi connectivity index (χ4v) is 1.68. The van der Waals surface area contributed by atoms with Crippen LogP contribution in [0.4, 0.5) is 5.00 Å². The molecule has 0 fully saturated rings. The summed E-state index contributed by atoms with van der Waals surface area (Å²) in [5.41, 5.74) is 5.90. The Bertz CT molecular complexity index is 489. The third kappa shape index (κ3) is 1.82. The lowest BCUT2D eigenvalue weighted by molar-refractivity contribution is 0.0958. The molecule has 2 heterocycles. The van der Waals surface area contributed by atoms with Gasteiger partial charge in [0.1, 0.15) is 5.00 Å². The van der Waals surface area contributed by atoms with E-state index in [4.69, 9.17) is 5.73 Å². The highest BCUT2D eigenvalue weighted by molar-refractivity contribution is 7.17. The third-order valence-corrected chi connectivity index (χ3v) is 2.57. The van der Waals surface area contributed by atoms with Crippen LogP contribution in [0.2, 0.25) is 0 Å². The van der Waals surface area contributed by atoms with E-state index in [0.29, 0.717) is 15.8 Å². The van der Waals surface area contributed by atoms with Gasteiger partial charge in [-0.05, 0) is 6.07 Å². The largest absolute Gasteiger partial charge is 0.389 e. The van der Waals surface area contributed by atoms with Crippen molar-refractivity contribution >= 4 is 22.2 Å². The van der Waals surface area contributed by atoms with Crippen molar-refractivity contribution in [1.29, 1.82) is 0 Å². The normalized spacial score (nSPS) is 10.2. The number of hydrogen-bond donors (Lipinski definition) is 2. The van der Waals surface area contributed by atoms with Crippen LogP contribution in [0.1, 0.15) is 10.5 Å². The molecule has 2 rings (SSSR count). The molecule has 0 saturated carbocycles. The Morgan fingerprint density at radius 2 is 2.47 bits per heavy atom. The van der Waals surface area contributed by atoms with Crippen LogP contribution in [0.3, 0.4) is 0 Å². The molecule has 0 unspecified atom stereocenters. The van der Waals surface area contributed by atoms with Crippen LogP contribution in [0, 0.1) is 0 Å². The van der Waals surface area contributed by atoms with Gasteiger partial charge in [-0.3, -0.25) is 4.79 Å². The Hall–Kier alpha value is -1.89. The Kier molecular flexibility index (Phi) is 2.38. The number of nitrogen functional groups attached to an aromatic ring is 1. The van der Waals surface area contributed by atoms with Gasteiger partial charge in [-0.15, -0.1) is 0 Å². The summed E-state index contributed by atoms with van der Waals surface area (Å²) in [5.74, 6) is -0.224. The lowest BCUT2D eigenvalue weighted by Crippen LogP contribution is -2.18. The van der Waals surface area contributed by atoms with Gasteiger partial charge in [-0.25, -0.2) is 9.67 Å². The summed E-state index contributed by atoms with van der Waals surface area (Å²) >= 11 is 1.31. The van der Waals surface area contributed by atoms with Crippen molar-refractivity contribution < 1.29 is 4.79 Å². The number of aromatic nitrogens is 3. The number of nitrogens with one attached hydrogen (secondary N) is 1. The minimum Gasteiger partial charge on any atom is -0.389 e. The molecule has 2 aromatic heterocycles. The minimum absolute atomic E-state index is 0.224. The van der Waals surface area contributed by atoms with Crippen LogP contribution >= 0.6 is 11.3 Å². The molecule has 15 heavy (non-hydrogen) atoms. The number of thiazole rings is 1. The van der Waals surface area contributed by atoms with Crippen molar-refractivity contribution in [2.45, 2.75) is 0 Å². The Morgan fingerprint density at radius 1 is 1.67 bits per heavy atom. The van der Waals surface area contributed by atoms with Crippen molar-refractivity contribution in [2.24, 2.45) is 0 Å². The number of amides is 1. The monoisotopic (exact) mass is 223 g/mol. The molecule has 6 nitrogen and oxygen atoms in total. The third-order valence-electron chi connectivity index (χ3n) is 1.76. The van der Waals surface area contributed by atoms with Crippen molar-refractivity contribution in [3.8, 4) is 5.13 Å². The second-order valence-electron chi connectivity index (χ2n) is 2.77. The fraction of sp³-hybridized carbons (Fsp3) is 0.125. The van der Waals surface area contributed by atoms with E-state index in [2.05, 4.69) is 15.4 Å². The van der Waals surface area contributed by atoms with Gasteiger partial charge in [0.25, 0.3) is 5.91 Å². The van der Waals surface area contributed by atoms with Crippen molar-refractivity contribution in [3.05, 3.63) is 24.2 Å². The van der Waals surface area contributed by atoms with E-state index in [9.17, 15) is 4.79 Å². The number of nitrogens with zero attached hydrogens (tertiary/aromatic N) is 3. The molecule has 0 saturated heterocycles. The maximum Gasteiger partial charge on any atom is 0.271 e. The number of hydrogen-bond acceptors (Lipinski definition) is 5. The molecule has 0 aliphatic carbocycles. The molecule has 2 aromatic rings. The van der Waals surface area contributed by atoms with E-state index in [0.717, 1.165) is 0 Å². The molecular weight excluding hydrogens is 214 g/mol. The SMILES string of the molecule is CNC(=O)c1ccn(-c2ncc(N)s2)n1. The van der Waals surface area contributed by atoms with E-state index in [1.165, 1.54) is 16.0 Å². The second-order valence-corrected chi connectivity index (χ2v) is 3.81. The van der Waals surface area contributed by atoms with Crippen molar-refractivity contribution in [2.75, 3.05) is 12.8 Å². The lowest BCUT2D eigenvalue weighted by atomic mass is 10.4. The van der Waals surface area contributed by atoms with Gasteiger partial charge in [0.2, 0.25) is 5.13 Å². The van der Waals surface area contributed by atoms with Gasteiger partial charge < -0.3 is 11.1 Å². The van der Waals surface area contributed by atoms with Crippen LogP contribution in [0.5, 0.6) is 0 Å². The number of carbonyl (C=O) groups is 1. The zero-order valence-corrected chi connectivity index (χ0v) is 8.78. The van der Waals surface area contributed by atoms with E-state index in [1.54, 1.807) is 25.5 Å². The Labute approximate surface area is 89.7 Å². The maximum atomic E-state index is 11.2. The van der Waals surface area contributed by atoms with Gasteiger partial charge in [0.05, 0.1) is 6.20 Å². The van der Waals surface area contributed by atoms with E-state index in [-0.39, 0.29) is 5.91 Å². The number of nitrogens with two attached hydrogens (primary N) is 1. The van der Waals surface area contributed by atoms with Crippen molar-refractivity contribution in [1.82, 2.24) is 20.1 Å². The first-order valence-electron chi connectivity index (χ1n) is 4.20. The molecular formula is C8H9N5OS. The summed E-state index contributed by atoms with van der Waals surface area (Å²) in [7, 11) is 1.56. The fourth-order valence-electron chi connectivity index (χ4n) is 1.06. The van der Waals surface area contributed by atoms with E-state index >= 15 is 0 Å². The quantitative estimate of drug-likeness (QED) is 0.765. The summed E-state index contributed by atoms with van der Waals surface area (Å²) in [6.07, 6.45) is 3.23. The Balaban J connectivity index is 2.31. The van der Waals surface area contributed by atoms with Crippen LogP contribution in [0.15, 0.2) is 18.5 Å². The van der Waals surface area contributed by atoms with Crippen LogP contribution < -0.4 is 11.1 Å². The molecule has 7 heteroatoms. The number of carbonyl (C=O) groups excluding carboxylic acids is 1. The van der Waals surface area contributed by atoms with Gasteiger partial charge in [-0.1, -0.05) is 11.3 Å². The van der Waals surface area contributed by atoms with Crippen LogP contribution in [-0.2, 0) is 0 Å². The first-order chi connectivity index (χ1) is 7.20. The maximum absolute atomic E-state index is 11.2. The lowest BCUT2D eigenvalue weighted by Gasteiger charge is -1.94. The molecule has 3 N–H and O–H groups in total. The minimum atomic E-state index is -0.224. The highest BCUT2D eigenvalue weighted by Crippen LogP contribution is 2.18. The molecule has 0 aliphatic heterocycles. The molecule has 0 spiro atoms. The zero-order valence-electron chi connectivity index (χ0n) is 7.97. The summed E-state index contributed by atoms with van der Waals surface area (Å²) < 4.78 is 1.52. The van der Waals surface area contributed by atoms with Crippen molar-refractivity contribution in [3.63, 3.8) is 0 Å². The van der Waals surface area contributed by atoms with Gasteiger partial charge in [0, 0.05) is 13.2 Å². The second kappa shape index (κ2) is 3.70. The summed E-state index contributed by atoms with van der Waals surface area (Å²) in [4.78, 5) is 15.3. The zero-order chi connectivity index (χ0) is 10.8. The topological polar surface area (TPSA) is 85.8 Å². The standard InChI is InChI=1S/C8H9N5OS/c1-10-7(14)5-2-3-13(12-5)8-11-4-6(9)15-8/h2-4H,9H2,1H3,(H,10,14). The summed E-state index contributed by atoms with van der Waals surface area (Å²) in [6.45, 7) is 0. The van der Waals surface area contributed by atoms with Gasteiger partial charge in [0.15, 0.2) is 5.69 Å². The average molecular weight is 223 g/mol. The molecule has 1 amide bonds. The predicted octanol–water partition coefficient (Wildman–Crippen LogP) is 0.271. The van der Waals surface area contributed by atoms with Gasteiger partial charge >= 0.3 is 0 Å². The highest BCUT2D eigenvalue weighted by Gasteiger charge is 2.09. The average Bonchev–Trinajstić information content (AvgIpc) is 2.84. The molecule has 0 atom stereocenters. The highest BCUT2D eigenvalue weighted by atomic mass is 32.1. The predicted molar refractivity (Wildman–Crippen MR) is 57.0 cm³/mol.